The first-order valence-electron chi connectivity index (χ1n) is 11.1. The van der Waals surface area contributed by atoms with E-state index in [0.717, 1.165) is 43.0 Å². The Morgan fingerprint density at radius 3 is 2.72 bits per heavy atom. The zero-order valence-corrected chi connectivity index (χ0v) is 18.5. The molecule has 1 unspecified atom stereocenters. The van der Waals surface area contributed by atoms with Crippen molar-refractivity contribution in [2.75, 3.05) is 23.3 Å². The predicted molar refractivity (Wildman–Crippen MR) is 123 cm³/mol. The van der Waals surface area contributed by atoms with Crippen molar-refractivity contribution in [3.63, 3.8) is 0 Å². The molecule has 2 N–H and O–H groups in total. The van der Waals surface area contributed by atoms with Crippen molar-refractivity contribution >= 4 is 23.0 Å². The molecule has 6 nitrogen and oxygen atoms in total. The third-order valence-corrected chi connectivity index (χ3v) is 6.44. The van der Waals surface area contributed by atoms with Crippen LogP contribution in [0.2, 0.25) is 0 Å². The Kier molecular flexibility index (Phi) is 5.15. The molecule has 2 aromatic heterocycles. The Labute approximate surface area is 185 Å². The van der Waals surface area contributed by atoms with Gasteiger partial charge in [-0.2, -0.15) is 5.10 Å². The van der Waals surface area contributed by atoms with Crippen molar-refractivity contribution in [1.29, 1.82) is 0 Å². The largest absolute Gasteiger partial charge is 0.356 e. The standard InChI is InChI=1S/C24H26F2N6/c1-4-15-7-6-10-32(12-15)19-11-16-21(13(2)27-19)28-24(20-17(25)8-5-9-18(20)26)29-22-14(3)30-31-23(16)22/h5,8-9,11,15H,4,6-7,10,12H2,1-3H3,(H,28,29)(H,30,31). The van der Waals surface area contributed by atoms with E-state index in [9.17, 15) is 8.78 Å². The number of benzene rings is 1. The molecule has 3 aromatic rings. The highest BCUT2D eigenvalue weighted by molar-refractivity contribution is 6.14. The first-order valence-corrected chi connectivity index (χ1v) is 11.1. The van der Waals surface area contributed by atoms with Crippen LogP contribution in [0.25, 0.3) is 11.3 Å². The van der Waals surface area contributed by atoms with E-state index in [0.29, 0.717) is 28.7 Å². The SMILES string of the molecule is CCC1CCCN(c2cc3c(c(C)n2)N=C(c2c(F)cccc2F)Nc2c-3n[nH]c2C)C1. The van der Waals surface area contributed by atoms with Gasteiger partial charge in [-0.3, -0.25) is 5.10 Å². The number of nitrogens with zero attached hydrogens (tertiary/aromatic N) is 4. The number of nitrogens with one attached hydrogen (secondary N) is 2. The minimum atomic E-state index is -0.677. The first kappa shape index (κ1) is 20.6. The smallest absolute Gasteiger partial charge is 0.144 e. The molecule has 1 fully saturated rings. The number of aliphatic imine (C=N–C) groups is 1. The van der Waals surface area contributed by atoms with Crippen LogP contribution >= 0.6 is 0 Å². The molecule has 32 heavy (non-hydrogen) atoms. The average molecular weight is 437 g/mol. The van der Waals surface area contributed by atoms with Gasteiger partial charge in [0.2, 0.25) is 0 Å². The molecule has 5 rings (SSSR count). The molecule has 2 aliphatic heterocycles. The molecule has 0 aliphatic carbocycles. The summed E-state index contributed by atoms with van der Waals surface area (Å²) in [7, 11) is 0. The van der Waals surface area contributed by atoms with E-state index in [4.69, 9.17) is 4.98 Å². The summed E-state index contributed by atoms with van der Waals surface area (Å²) >= 11 is 0. The highest BCUT2D eigenvalue weighted by Crippen LogP contribution is 2.42. The van der Waals surface area contributed by atoms with Crippen LogP contribution in [0.3, 0.4) is 0 Å². The molecule has 1 saturated heterocycles. The monoisotopic (exact) mass is 436 g/mol. The second-order valence-electron chi connectivity index (χ2n) is 8.58. The van der Waals surface area contributed by atoms with Crippen LogP contribution in [-0.2, 0) is 0 Å². The fraction of sp³-hybridized carbons (Fsp3) is 0.375. The lowest BCUT2D eigenvalue weighted by atomic mass is 9.95. The molecule has 0 saturated carbocycles. The molecule has 0 radical (unpaired) electrons. The number of hydrogen-bond acceptors (Lipinski definition) is 5. The van der Waals surface area contributed by atoms with Gasteiger partial charge in [-0.1, -0.05) is 19.4 Å². The predicted octanol–water partition coefficient (Wildman–Crippen LogP) is 5.50. The summed E-state index contributed by atoms with van der Waals surface area (Å²) in [4.78, 5) is 11.8. The van der Waals surface area contributed by atoms with Crippen LogP contribution < -0.4 is 10.2 Å². The van der Waals surface area contributed by atoms with Crippen molar-refractivity contribution in [2.45, 2.75) is 40.0 Å². The van der Waals surface area contributed by atoms with Gasteiger partial charge >= 0.3 is 0 Å². The number of H-pyrrole nitrogens is 1. The van der Waals surface area contributed by atoms with E-state index in [1.54, 1.807) is 0 Å². The van der Waals surface area contributed by atoms with Gasteiger partial charge in [0.05, 0.1) is 28.3 Å². The molecule has 0 spiro atoms. The summed E-state index contributed by atoms with van der Waals surface area (Å²) in [5.74, 6) is 0.295. The number of rotatable bonds is 3. The number of fused-ring (bicyclic) bond motifs is 3. The maximum absolute atomic E-state index is 14.6. The Hall–Kier alpha value is -3.29. The van der Waals surface area contributed by atoms with E-state index in [1.165, 1.54) is 24.6 Å². The number of amidine groups is 1. The van der Waals surface area contributed by atoms with Crippen LogP contribution in [0.5, 0.6) is 0 Å². The molecule has 0 amide bonds. The maximum Gasteiger partial charge on any atom is 0.144 e. The molecule has 4 heterocycles. The summed E-state index contributed by atoms with van der Waals surface area (Å²) in [6.07, 6.45) is 3.53. The van der Waals surface area contributed by atoms with Crippen molar-refractivity contribution in [3.05, 3.63) is 52.9 Å². The van der Waals surface area contributed by atoms with E-state index in [-0.39, 0.29) is 11.4 Å². The third-order valence-electron chi connectivity index (χ3n) is 6.44. The minimum absolute atomic E-state index is 0.103. The van der Waals surface area contributed by atoms with Crippen LogP contribution in [-0.4, -0.2) is 34.1 Å². The summed E-state index contributed by atoms with van der Waals surface area (Å²) < 4.78 is 29.2. The van der Waals surface area contributed by atoms with Gasteiger partial charge in [0.1, 0.15) is 29.0 Å². The Bertz CT molecular complexity index is 1200. The van der Waals surface area contributed by atoms with E-state index in [1.807, 2.05) is 19.9 Å². The lowest BCUT2D eigenvalue weighted by Gasteiger charge is -2.33. The quantitative estimate of drug-likeness (QED) is 0.569. The van der Waals surface area contributed by atoms with Crippen molar-refractivity contribution in [1.82, 2.24) is 15.2 Å². The highest BCUT2D eigenvalue weighted by atomic mass is 19.1. The maximum atomic E-state index is 14.6. The van der Waals surface area contributed by atoms with E-state index >= 15 is 0 Å². The van der Waals surface area contributed by atoms with Crippen LogP contribution in [0.15, 0.2) is 29.3 Å². The number of hydrogen-bond donors (Lipinski definition) is 2. The van der Waals surface area contributed by atoms with E-state index in [2.05, 4.69) is 32.3 Å². The number of halogens is 2. The summed E-state index contributed by atoms with van der Waals surface area (Å²) in [6, 6.07) is 5.80. The van der Waals surface area contributed by atoms with Gasteiger partial charge in [0, 0.05) is 18.7 Å². The normalized spacial score (nSPS) is 17.8. The lowest BCUT2D eigenvalue weighted by Crippen LogP contribution is -2.35. The molecule has 166 valence electrons. The van der Waals surface area contributed by atoms with E-state index < -0.39 is 11.6 Å². The topological polar surface area (TPSA) is 69.2 Å². The Morgan fingerprint density at radius 2 is 1.97 bits per heavy atom. The van der Waals surface area contributed by atoms with Gasteiger partial charge < -0.3 is 10.2 Å². The van der Waals surface area contributed by atoms with Crippen LogP contribution in [0, 0.1) is 31.4 Å². The van der Waals surface area contributed by atoms with Gasteiger partial charge in [-0.15, -0.1) is 0 Å². The second-order valence-corrected chi connectivity index (χ2v) is 8.58. The Balaban J connectivity index is 1.69. The van der Waals surface area contributed by atoms with Crippen molar-refractivity contribution in [3.8, 4) is 11.3 Å². The van der Waals surface area contributed by atoms with Gasteiger partial charge in [0.15, 0.2) is 0 Å². The molecule has 8 heteroatoms. The summed E-state index contributed by atoms with van der Waals surface area (Å²) in [5, 5.41) is 10.6. The summed E-state index contributed by atoms with van der Waals surface area (Å²) in [6.45, 7) is 7.91. The number of pyridine rings is 1. The average Bonchev–Trinajstić information content (AvgIpc) is 3.05. The number of aromatic nitrogens is 3. The number of aryl methyl sites for hydroxylation is 2. The highest BCUT2D eigenvalue weighted by Gasteiger charge is 2.28. The number of anilines is 2. The minimum Gasteiger partial charge on any atom is -0.356 e. The molecular weight excluding hydrogens is 410 g/mol. The molecule has 1 atom stereocenters. The zero-order chi connectivity index (χ0) is 22.4. The van der Waals surface area contributed by atoms with Crippen LogP contribution in [0.4, 0.5) is 26.0 Å². The molecular formula is C24H26F2N6. The Morgan fingerprint density at radius 1 is 1.19 bits per heavy atom. The van der Waals surface area contributed by atoms with Crippen molar-refractivity contribution in [2.24, 2.45) is 10.9 Å². The van der Waals surface area contributed by atoms with Gasteiger partial charge in [-0.25, -0.2) is 18.8 Å². The van der Waals surface area contributed by atoms with Crippen LogP contribution in [0.1, 0.15) is 43.1 Å². The first-order chi connectivity index (χ1) is 15.5. The second kappa shape index (κ2) is 8.00. The fourth-order valence-electron chi connectivity index (χ4n) is 4.62. The molecule has 1 aromatic carbocycles. The van der Waals surface area contributed by atoms with Crippen molar-refractivity contribution < 1.29 is 8.78 Å². The molecule has 0 bridgehead atoms. The molecule has 2 aliphatic rings. The third kappa shape index (κ3) is 3.43. The fourth-order valence-corrected chi connectivity index (χ4v) is 4.62. The van der Waals surface area contributed by atoms with Gasteiger partial charge in [-0.05, 0) is 50.8 Å². The number of piperidine rings is 1. The zero-order valence-electron chi connectivity index (χ0n) is 18.5. The lowest BCUT2D eigenvalue weighted by molar-refractivity contribution is 0.403. The van der Waals surface area contributed by atoms with Gasteiger partial charge in [0.25, 0.3) is 0 Å². The number of aromatic amines is 1. The summed E-state index contributed by atoms with van der Waals surface area (Å²) in [5.41, 5.74) is 3.95.